The van der Waals surface area contributed by atoms with Gasteiger partial charge < -0.3 is 15.0 Å². The van der Waals surface area contributed by atoms with Gasteiger partial charge >= 0.3 is 6.03 Å². The molecule has 0 bridgehead atoms. The van der Waals surface area contributed by atoms with E-state index in [-0.39, 0.29) is 23.3 Å². The number of halogens is 2. The maximum absolute atomic E-state index is 15.2. The average molecular weight is 735 g/mol. The number of hydrogen-bond acceptors (Lipinski definition) is 5. The van der Waals surface area contributed by atoms with E-state index < -0.39 is 11.1 Å². The summed E-state index contributed by atoms with van der Waals surface area (Å²) >= 11 is 12.8. The van der Waals surface area contributed by atoms with Gasteiger partial charge in [-0.2, -0.15) is 0 Å². The summed E-state index contributed by atoms with van der Waals surface area (Å²) in [5.41, 5.74) is 1.10. The van der Waals surface area contributed by atoms with Gasteiger partial charge in [0.25, 0.3) is 0 Å². The van der Waals surface area contributed by atoms with E-state index in [1.54, 1.807) is 6.20 Å². The summed E-state index contributed by atoms with van der Waals surface area (Å²) in [6, 6.07) is 17.2. The molecule has 51 heavy (non-hydrogen) atoms. The van der Waals surface area contributed by atoms with E-state index >= 15 is 4.79 Å². The SMILES string of the molecule is CCOc1cc(C(C)(C)C)ncc1C1=N[C@@](C)(c2ccc(Cl)cc2)[C@@](C)(c2ccc(Cl)cc2)N1C(=O)N1CCC(CC(=O)NCC(C)CC)CC1. The largest absolute Gasteiger partial charge is 0.493 e. The van der Waals surface area contributed by atoms with E-state index in [0.29, 0.717) is 65.8 Å². The molecular formula is C41H53Cl2N5O3. The van der Waals surface area contributed by atoms with Crippen LogP contribution in [0.4, 0.5) is 4.79 Å². The highest BCUT2D eigenvalue weighted by molar-refractivity contribution is 6.30. The summed E-state index contributed by atoms with van der Waals surface area (Å²) in [6.45, 7) is 18.9. The molecule has 1 aromatic heterocycles. The minimum atomic E-state index is -1.02. The number of likely N-dealkylation sites (tertiary alicyclic amines) is 1. The molecule has 10 heteroatoms. The summed E-state index contributed by atoms with van der Waals surface area (Å²) in [5.74, 6) is 1.84. The van der Waals surface area contributed by atoms with Gasteiger partial charge in [-0.25, -0.2) is 4.79 Å². The highest BCUT2D eigenvalue weighted by Gasteiger charge is 2.60. The van der Waals surface area contributed by atoms with E-state index in [0.717, 1.165) is 36.1 Å². The predicted octanol–water partition coefficient (Wildman–Crippen LogP) is 9.36. The first-order valence-corrected chi connectivity index (χ1v) is 19.0. The number of urea groups is 1. The third-order valence-electron chi connectivity index (χ3n) is 10.8. The molecule has 0 aliphatic carbocycles. The molecule has 2 aromatic carbocycles. The molecule has 3 atom stereocenters. The molecular weight excluding hydrogens is 681 g/mol. The van der Waals surface area contributed by atoms with Crippen molar-refractivity contribution in [1.82, 2.24) is 20.1 Å². The van der Waals surface area contributed by atoms with Crippen molar-refractivity contribution >= 4 is 41.0 Å². The van der Waals surface area contributed by atoms with Crippen molar-refractivity contribution in [2.24, 2.45) is 16.8 Å². The number of aliphatic imine (C=N–C) groups is 1. The summed E-state index contributed by atoms with van der Waals surface area (Å²) in [6.07, 6.45) is 4.76. The number of piperidine rings is 1. The number of nitrogens with one attached hydrogen (secondary N) is 1. The summed E-state index contributed by atoms with van der Waals surface area (Å²) in [5, 5.41) is 4.31. The zero-order valence-corrected chi connectivity index (χ0v) is 32.9. The fourth-order valence-corrected chi connectivity index (χ4v) is 7.35. The van der Waals surface area contributed by atoms with Crippen LogP contribution >= 0.6 is 23.2 Å². The third kappa shape index (κ3) is 7.92. The Balaban J connectivity index is 1.60. The molecule has 2 aliphatic heterocycles. The van der Waals surface area contributed by atoms with Crippen molar-refractivity contribution in [3.8, 4) is 5.75 Å². The van der Waals surface area contributed by atoms with Crippen molar-refractivity contribution in [3.05, 3.63) is 93.2 Å². The Labute approximate surface area is 314 Å². The maximum Gasteiger partial charge on any atom is 0.326 e. The second-order valence-electron chi connectivity index (χ2n) is 15.4. The molecule has 1 N–H and O–H groups in total. The van der Waals surface area contributed by atoms with E-state index in [4.69, 9.17) is 37.9 Å². The first-order chi connectivity index (χ1) is 24.1. The van der Waals surface area contributed by atoms with Crippen LogP contribution in [0.5, 0.6) is 5.75 Å². The molecule has 3 heterocycles. The number of amidine groups is 1. The Kier molecular flexibility index (Phi) is 11.8. The highest BCUT2D eigenvalue weighted by atomic mass is 35.5. The molecule has 2 aliphatic rings. The first kappa shape index (κ1) is 38.6. The quantitative estimate of drug-likeness (QED) is 0.225. The van der Waals surface area contributed by atoms with Crippen LogP contribution in [0.2, 0.25) is 10.0 Å². The van der Waals surface area contributed by atoms with Crippen LogP contribution < -0.4 is 10.1 Å². The zero-order valence-electron chi connectivity index (χ0n) is 31.4. The van der Waals surface area contributed by atoms with Crippen LogP contribution in [0, 0.1) is 11.8 Å². The van der Waals surface area contributed by atoms with Gasteiger partial charge in [0.15, 0.2) is 0 Å². The lowest BCUT2D eigenvalue weighted by Crippen LogP contribution is -2.59. The molecule has 1 saturated heterocycles. The van der Waals surface area contributed by atoms with Gasteiger partial charge in [-0.1, -0.05) is 88.5 Å². The Bertz CT molecular complexity index is 1730. The first-order valence-electron chi connectivity index (χ1n) is 18.2. The lowest BCUT2D eigenvalue weighted by atomic mass is 9.71. The standard InChI is InChI=1S/C41H53Cl2N5O3/c1-9-27(3)25-45-36(49)23-28-19-21-47(22-20-28)38(50)48-37(33-26-44-35(39(4,5)6)24-34(33)51-10-2)46-40(7,29-11-15-31(42)16-12-29)41(48,8)30-13-17-32(43)18-14-30/h11-18,24,26-28H,9-10,19-23,25H2,1-8H3,(H,45,49)/t27?,40-,41+/m0/s1. The van der Waals surface area contributed by atoms with Crippen molar-refractivity contribution in [2.45, 2.75) is 97.6 Å². The fraction of sp³-hybridized carbons (Fsp3) is 0.512. The molecule has 0 saturated carbocycles. The Morgan fingerprint density at radius 1 is 0.980 bits per heavy atom. The van der Waals surface area contributed by atoms with Crippen LogP contribution in [0.25, 0.3) is 0 Å². The van der Waals surface area contributed by atoms with Gasteiger partial charge in [-0.15, -0.1) is 0 Å². The Morgan fingerprint density at radius 3 is 2.12 bits per heavy atom. The molecule has 1 fully saturated rings. The number of nitrogens with zero attached hydrogens (tertiary/aromatic N) is 4. The van der Waals surface area contributed by atoms with E-state index in [2.05, 4.69) is 53.8 Å². The van der Waals surface area contributed by atoms with Gasteiger partial charge in [0.1, 0.15) is 22.7 Å². The highest BCUT2D eigenvalue weighted by Crippen LogP contribution is 2.54. The van der Waals surface area contributed by atoms with Gasteiger partial charge in [0, 0.05) is 59.5 Å². The van der Waals surface area contributed by atoms with Crippen molar-refractivity contribution < 1.29 is 14.3 Å². The number of hydrogen-bond donors (Lipinski definition) is 1. The summed E-state index contributed by atoms with van der Waals surface area (Å²) in [7, 11) is 0. The molecule has 8 nitrogen and oxygen atoms in total. The fourth-order valence-electron chi connectivity index (χ4n) is 7.09. The van der Waals surface area contributed by atoms with Gasteiger partial charge in [0.05, 0.1) is 12.2 Å². The number of carbonyl (C=O) groups excluding carboxylic acids is 2. The number of aromatic nitrogens is 1. The van der Waals surface area contributed by atoms with Crippen molar-refractivity contribution in [3.63, 3.8) is 0 Å². The van der Waals surface area contributed by atoms with Crippen molar-refractivity contribution in [1.29, 1.82) is 0 Å². The monoisotopic (exact) mass is 733 g/mol. The second-order valence-corrected chi connectivity index (χ2v) is 16.3. The normalized spacial score (nSPS) is 21.7. The van der Waals surface area contributed by atoms with E-state index in [1.165, 1.54) is 0 Å². The number of ether oxygens (including phenoxy) is 1. The number of amides is 3. The Morgan fingerprint density at radius 2 is 1.57 bits per heavy atom. The van der Waals surface area contributed by atoms with Crippen LogP contribution in [-0.2, 0) is 21.3 Å². The third-order valence-corrected chi connectivity index (χ3v) is 11.3. The zero-order chi connectivity index (χ0) is 37.1. The van der Waals surface area contributed by atoms with E-state index in [1.807, 2.05) is 71.3 Å². The van der Waals surface area contributed by atoms with Crippen LogP contribution in [0.1, 0.15) is 103 Å². The lowest BCUT2D eigenvalue weighted by Gasteiger charge is -2.47. The van der Waals surface area contributed by atoms with Crippen LogP contribution in [-0.4, -0.2) is 58.8 Å². The Hall–Kier alpha value is -3.62. The molecule has 274 valence electrons. The number of pyridine rings is 1. The van der Waals surface area contributed by atoms with E-state index in [9.17, 15) is 4.79 Å². The summed E-state index contributed by atoms with van der Waals surface area (Å²) < 4.78 is 6.29. The maximum atomic E-state index is 15.2. The second kappa shape index (κ2) is 15.5. The number of rotatable bonds is 10. The number of benzene rings is 2. The van der Waals surface area contributed by atoms with Gasteiger partial charge in [-0.05, 0) is 80.8 Å². The minimum absolute atomic E-state index is 0.0812. The smallest absolute Gasteiger partial charge is 0.326 e. The minimum Gasteiger partial charge on any atom is -0.493 e. The molecule has 3 amide bonds. The topological polar surface area (TPSA) is 87.1 Å². The summed E-state index contributed by atoms with van der Waals surface area (Å²) in [4.78, 5) is 42.2. The molecule has 0 spiro atoms. The van der Waals surface area contributed by atoms with Crippen LogP contribution in [0.15, 0.2) is 65.8 Å². The molecule has 0 radical (unpaired) electrons. The molecule has 1 unspecified atom stereocenters. The predicted molar refractivity (Wildman–Crippen MR) is 207 cm³/mol. The van der Waals surface area contributed by atoms with Gasteiger partial charge in [-0.3, -0.25) is 19.7 Å². The van der Waals surface area contributed by atoms with Crippen molar-refractivity contribution in [2.75, 3.05) is 26.2 Å². The molecule has 5 rings (SSSR count). The number of carbonyl (C=O) groups is 2. The van der Waals surface area contributed by atoms with Crippen LogP contribution in [0.3, 0.4) is 0 Å². The lowest BCUT2D eigenvalue weighted by molar-refractivity contribution is -0.122. The molecule has 3 aromatic rings. The average Bonchev–Trinajstić information content (AvgIpc) is 3.35. The van der Waals surface area contributed by atoms with Gasteiger partial charge in [0.2, 0.25) is 5.91 Å².